The molecule has 0 saturated heterocycles. The van der Waals surface area contributed by atoms with Gasteiger partial charge in [0.25, 0.3) is 0 Å². The molecule has 1 saturated carbocycles. The number of ketones is 1. The van der Waals surface area contributed by atoms with Crippen molar-refractivity contribution in [3.8, 4) is 11.5 Å². The van der Waals surface area contributed by atoms with E-state index in [0.29, 0.717) is 12.8 Å². The van der Waals surface area contributed by atoms with E-state index >= 15 is 0 Å². The molecule has 1 N–H and O–H groups in total. The van der Waals surface area contributed by atoms with Crippen molar-refractivity contribution in [1.29, 1.82) is 0 Å². The summed E-state index contributed by atoms with van der Waals surface area (Å²) in [5.74, 6) is 1.70. The highest BCUT2D eigenvalue weighted by atomic mass is 16.5. The third-order valence-corrected chi connectivity index (χ3v) is 4.55. The molecular weight excluding hydrogens is 288 g/mol. The molecule has 0 aliphatic heterocycles. The van der Waals surface area contributed by atoms with Gasteiger partial charge in [0.1, 0.15) is 11.5 Å². The van der Waals surface area contributed by atoms with Gasteiger partial charge in [-0.25, -0.2) is 0 Å². The summed E-state index contributed by atoms with van der Waals surface area (Å²) in [6, 6.07) is 16.9. The summed E-state index contributed by atoms with van der Waals surface area (Å²) < 4.78 is 5.74. The molecule has 3 rings (SSSR count). The van der Waals surface area contributed by atoms with Crippen LogP contribution in [0.2, 0.25) is 0 Å². The van der Waals surface area contributed by atoms with E-state index in [1.807, 2.05) is 61.5 Å². The second kappa shape index (κ2) is 6.55. The normalized spacial score (nSPS) is 24.2. The lowest BCUT2D eigenvalue weighted by molar-refractivity contribution is 0.00972. The van der Waals surface area contributed by atoms with Gasteiger partial charge >= 0.3 is 0 Å². The van der Waals surface area contributed by atoms with Gasteiger partial charge in [-0.3, -0.25) is 4.79 Å². The van der Waals surface area contributed by atoms with Gasteiger partial charge in [-0.2, -0.15) is 0 Å². The highest BCUT2D eigenvalue weighted by Gasteiger charge is 2.32. The molecule has 1 fully saturated rings. The lowest BCUT2D eigenvalue weighted by Crippen LogP contribution is -2.33. The number of hydrogen-bond acceptors (Lipinski definition) is 3. The molecule has 0 radical (unpaired) electrons. The third-order valence-electron chi connectivity index (χ3n) is 4.55. The molecule has 0 atom stereocenters. The Balaban J connectivity index is 1.64. The van der Waals surface area contributed by atoms with Crippen molar-refractivity contribution in [3.63, 3.8) is 0 Å². The first-order valence-electron chi connectivity index (χ1n) is 8.13. The topological polar surface area (TPSA) is 46.5 Å². The third kappa shape index (κ3) is 3.99. The summed E-state index contributed by atoms with van der Waals surface area (Å²) in [4.78, 5) is 12.6. The van der Waals surface area contributed by atoms with E-state index in [0.717, 1.165) is 29.9 Å². The number of carbonyl (C=O) groups excluding carboxylic acids is 1. The highest BCUT2D eigenvalue weighted by Crippen LogP contribution is 2.33. The zero-order valence-electron chi connectivity index (χ0n) is 13.4. The SMILES string of the molecule is CC1(O)CCC(C(=O)c2ccc(Oc3ccccc3)cc2)CC1. The standard InChI is InChI=1S/C20H22O3/c1-20(22)13-11-16(12-14-20)19(21)15-7-9-18(10-8-15)23-17-5-3-2-4-6-17/h2-10,16,22H,11-14H2,1H3. The Morgan fingerprint density at radius 2 is 1.57 bits per heavy atom. The van der Waals surface area contributed by atoms with Crippen molar-refractivity contribution in [1.82, 2.24) is 0 Å². The summed E-state index contributed by atoms with van der Waals surface area (Å²) in [7, 11) is 0. The number of hydrogen-bond donors (Lipinski definition) is 1. The van der Waals surface area contributed by atoms with E-state index < -0.39 is 5.60 Å². The molecule has 2 aromatic rings. The van der Waals surface area contributed by atoms with Crippen LogP contribution in [-0.2, 0) is 0 Å². The van der Waals surface area contributed by atoms with Gasteiger partial charge in [0.15, 0.2) is 5.78 Å². The number of benzene rings is 2. The monoisotopic (exact) mass is 310 g/mol. The Labute approximate surface area is 136 Å². The molecule has 0 heterocycles. The molecule has 3 heteroatoms. The average Bonchev–Trinajstić information content (AvgIpc) is 2.56. The maximum Gasteiger partial charge on any atom is 0.165 e. The van der Waals surface area contributed by atoms with Crippen LogP contribution >= 0.6 is 0 Å². The van der Waals surface area contributed by atoms with Crippen LogP contribution in [0.4, 0.5) is 0 Å². The lowest BCUT2D eigenvalue weighted by atomic mass is 9.77. The van der Waals surface area contributed by atoms with Crippen molar-refractivity contribution in [2.45, 2.75) is 38.2 Å². The maximum atomic E-state index is 12.6. The second-order valence-electron chi connectivity index (χ2n) is 6.57. The van der Waals surface area contributed by atoms with Crippen molar-refractivity contribution in [2.24, 2.45) is 5.92 Å². The lowest BCUT2D eigenvalue weighted by Gasteiger charge is -2.32. The molecule has 0 aromatic heterocycles. The van der Waals surface area contributed by atoms with Crippen molar-refractivity contribution in [2.75, 3.05) is 0 Å². The number of ether oxygens (including phenoxy) is 1. The van der Waals surface area contributed by atoms with Gasteiger partial charge in [0.2, 0.25) is 0 Å². The van der Waals surface area contributed by atoms with Crippen molar-refractivity contribution < 1.29 is 14.6 Å². The van der Waals surface area contributed by atoms with E-state index in [1.54, 1.807) is 0 Å². The smallest absolute Gasteiger partial charge is 0.165 e. The molecule has 0 bridgehead atoms. The van der Waals surface area contributed by atoms with E-state index in [9.17, 15) is 9.90 Å². The fourth-order valence-corrected chi connectivity index (χ4v) is 3.05. The minimum atomic E-state index is -0.607. The Morgan fingerprint density at radius 1 is 1.00 bits per heavy atom. The van der Waals surface area contributed by atoms with Gasteiger partial charge in [-0.05, 0) is 69.0 Å². The molecular formula is C20H22O3. The fraction of sp³-hybridized carbons (Fsp3) is 0.350. The van der Waals surface area contributed by atoms with Gasteiger partial charge in [-0.1, -0.05) is 18.2 Å². The van der Waals surface area contributed by atoms with Crippen LogP contribution in [0.1, 0.15) is 43.0 Å². The van der Waals surface area contributed by atoms with E-state index in [2.05, 4.69) is 0 Å². The molecule has 0 amide bonds. The first kappa shape index (κ1) is 15.8. The summed E-state index contributed by atoms with van der Waals surface area (Å²) in [6.07, 6.45) is 2.90. The molecule has 120 valence electrons. The molecule has 2 aromatic carbocycles. The number of carbonyl (C=O) groups is 1. The molecule has 3 nitrogen and oxygen atoms in total. The minimum absolute atomic E-state index is 0.0242. The van der Waals surface area contributed by atoms with Gasteiger partial charge in [-0.15, -0.1) is 0 Å². The molecule has 1 aliphatic rings. The predicted octanol–water partition coefficient (Wildman–Crippen LogP) is 4.60. The summed E-state index contributed by atoms with van der Waals surface area (Å²) in [5, 5.41) is 9.99. The van der Waals surface area contributed by atoms with Crippen LogP contribution in [-0.4, -0.2) is 16.5 Å². The van der Waals surface area contributed by atoms with E-state index in [1.165, 1.54) is 0 Å². The van der Waals surface area contributed by atoms with Crippen LogP contribution in [0.25, 0.3) is 0 Å². The Bertz CT molecular complexity index is 649. The molecule has 0 unspecified atom stereocenters. The van der Waals surface area contributed by atoms with Crippen LogP contribution in [0.15, 0.2) is 54.6 Å². The number of aliphatic hydroxyl groups is 1. The quantitative estimate of drug-likeness (QED) is 0.839. The zero-order valence-corrected chi connectivity index (χ0v) is 13.4. The van der Waals surface area contributed by atoms with Crippen LogP contribution in [0.3, 0.4) is 0 Å². The summed E-state index contributed by atoms with van der Waals surface area (Å²) >= 11 is 0. The highest BCUT2D eigenvalue weighted by molar-refractivity contribution is 5.98. The van der Waals surface area contributed by atoms with Crippen molar-refractivity contribution >= 4 is 5.78 Å². The minimum Gasteiger partial charge on any atom is -0.457 e. The maximum absolute atomic E-state index is 12.6. The summed E-state index contributed by atoms with van der Waals surface area (Å²) in [5.41, 5.74) is 0.112. The number of Topliss-reactive ketones (excluding diaryl/α,β-unsaturated/α-hetero) is 1. The zero-order chi connectivity index (χ0) is 16.3. The van der Waals surface area contributed by atoms with E-state index in [4.69, 9.17) is 4.74 Å². The molecule has 23 heavy (non-hydrogen) atoms. The van der Waals surface area contributed by atoms with Crippen LogP contribution in [0.5, 0.6) is 11.5 Å². The molecule has 1 aliphatic carbocycles. The Morgan fingerprint density at radius 3 is 2.17 bits per heavy atom. The summed E-state index contributed by atoms with van der Waals surface area (Å²) in [6.45, 7) is 1.85. The second-order valence-corrected chi connectivity index (χ2v) is 6.57. The van der Waals surface area contributed by atoms with Crippen molar-refractivity contribution in [3.05, 3.63) is 60.2 Å². The average molecular weight is 310 g/mol. The van der Waals surface area contributed by atoms with Gasteiger partial charge in [0, 0.05) is 11.5 Å². The molecule has 0 spiro atoms. The van der Waals surface area contributed by atoms with Crippen LogP contribution in [0, 0.1) is 5.92 Å². The van der Waals surface area contributed by atoms with Gasteiger partial charge in [0.05, 0.1) is 5.60 Å². The fourth-order valence-electron chi connectivity index (χ4n) is 3.05. The predicted molar refractivity (Wildman–Crippen MR) is 89.9 cm³/mol. The number of para-hydroxylation sites is 1. The van der Waals surface area contributed by atoms with Crippen LogP contribution < -0.4 is 4.74 Å². The first-order valence-corrected chi connectivity index (χ1v) is 8.13. The van der Waals surface area contributed by atoms with Gasteiger partial charge < -0.3 is 9.84 Å². The number of rotatable bonds is 4. The Hall–Kier alpha value is -2.13. The van der Waals surface area contributed by atoms with E-state index in [-0.39, 0.29) is 11.7 Å². The Kier molecular flexibility index (Phi) is 4.49. The largest absolute Gasteiger partial charge is 0.457 e. The first-order chi connectivity index (χ1) is 11.0.